The maximum atomic E-state index is 12.7. The van der Waals surface area contributed by atoms with E-state index in [9.17, 15) is 4.79 Å². The van der Waals surface area contributed by atoms with Gasteiger partial charge in [0.15, 0.2) is 11.5 Å². The van der Waals surface area contributed by atoms with E-state index in [2.05, 4.69) is 46.6 Å². The smallest absolute Gasteiger partial charge is 0.273 e. The summed E-state index contributed by atoms with van der Waals surface area (Å²) in [5.74, 6) is 1.09. The van der Waals surface area contributed by atoms with Crippen molar-refractivity contribution < 1.29 is 14.1 Å². The Morgan fingerprint density at radius 3 is 2.50 bits per heavy atom. The van der Waals surface area contributed by atoms with Gasteiger partial charge in [0.05, 0.1) is 13.2 Å². The number of hydrogen-bond acceptors (Lipinski definition) is 5. The van der Waals surface area contributed by atoms with Crippen molar-refractivity contribution in [3.8, 4) is 17.1 Å². The third-order valence-electron chi connectivity index (χ3n) is 5.62. The summed E-state index contributed by atoms with van der Waals surface area (Å²) in [7, 11) is 1.62. The molecule has 6 nitrogen and oxygen atoms in total. The second-order valence-electron chi connectivity index (χ2n) is 7.68. The number of likely N-dealkylation sites (tertiary alicyclic amines) is 1. The predicted octanol–water partition coefficient (Wildman–Crippen LogP) is 4.23. The Morgan fingerprint density at radius 1 is 1.13 bits per heavy atom. The van der Waals surface area contributed by atoms with Crippen LogP contribution in [0.3, 0.4) is 0 Å². The van der Waals surface area contributed by atoms with Gasteiger partial charge in [0.1, 0.15) is 5.75 Å². The molecule has 6 heteroatoms. The van der Waals surface area contributed by atoms with Gasteiger partial charge in [-0.2, -0.15) is 0 Å². The minimum Gasteiger partial charge on any atom is -0.497 e. The van der Waals surface area contributed by atoms with Gasteiger partial charge in [-0.25, -0.2) is 0 Å². The lowest BCUT2D eigenvalue weighted by Crippen LogP contribution is -2.36. The van der Waals surface area contributed by atoms with E-state index in [1.54, 1.807) is 13.2 Å². The number of methoxy groups -OCH3 is 1. The molecular weight excluding hydrogens is 378 g/mol. The van der Waals surface area contributed by atoms with Gasteiger partial charge in [-0.1, -0.05) is 35.0 Å². The fraction of sp³-hybridized carbons (Fsp3) is 0.333. The highest BCUT2D eigenvalue weighted by Gasteiger charge is 2.24. The zero-order valence-electron chi connectivity index (χ0n) is 17.4. The summed E-state index contributed by atoms with van der Waals surface area (Å²) >= 11 is 0. The van der Waals surface area contributed by atoms with Crippen molar-refractivity contribution in [2.24, 2.45) is 0 Å². The van der Waals surface area contributed by atoms with Crippen LogP contribution in [0.2, 0.25) is 0 Å². The van der Waals surface area contributed by atoms with E-state index in [1.165, 1.54) is 24.0 Å². The van der Waals surface area contributed by atoms with E-state index in [4.69, 9.17) is 9.26 Å². The number of carbonyl (C=O) groups is 1. The number of benzene rings is 2. The highest BCUT2D eigenvalue weighted by Crippen LogP contribution is 2.26. The van der Waals surface area contributed by atoms with Crippen molar-refractivity contribution in [2.75, 3.05) is 26.7 Å². The summed E-state index contributed by atoms with van der Waals surface area (Å²) in [5, 5.41) is 7.01. The quantitative estimate of drug-likeness (QED) is 0.637. The first kappa shape index (κ1) is 20.2. The van der Waals surface area contributed by atoms with Gasteiger partial charge >= 0.3 is 0 Å². The first-order valence-electron chi connectivity index (χ1n) is 10.3. The highest BCUT2D eigenvalue weighted by atomic mass is 16.5. The van der Waals surface area contributed by atoms with Crippen molar-refractivity contribution in [1.29, 1.82) is 0 Å². The predicted molar refractivity (Wildman–Crippen MR) is 116 cm³/mol. The molecule has 1 unspecified atom stereocenters. The Balaban J connectivity index is 1.44. The molecule has 2 heterocycles. The second kappa shape index (κ2) is 9.13. The number of ether oxygens (including phenoxy) is 1. The van der Waals surface area contributed by atoms with Gasteiger partial charge in [0.2, 0.25) is 0 Å². The monoisotopic (exact) mass is 405 g/mol. The van der Waals surface area contributed by atoms with Gasteiger partial charge in [0, 0.05) is 18.2 Å². The normalized spacial score (nSPS) is 15.1. The van der Waals surface area contributed by atoms with Crippen molar-refractivity contribution >= 4 is 5.91 Å². The average Bonchev–Trinajstić information content (AvgIpc) is 3.48. The molecule has 0 aliphatic carbocycles. The molecule has 1 N–H and O–H groups in total. The van der Waals surface area contributed by atoms with Crippen LogP contribution in [0.4, 0.5) is 0 Å². The number of hydrogen-bond donors (Lipinski definition) is 1. The third-order valence-corrected chi connectivity index (χ3v) is 5.62. The van der Waals surface area contributed by atoms with Gasteiger partial charge in [-0.05, 0) is 62.7 Å². The molecule has 1 aromatic heterocycles. The number of nitrogens with one attached hydrogen (secondary N) is 1. The Bertz CT molecular complexity index is 974. The number of carbonyl (C=O) groups excluding carboxylic acids is 1. The minimum absolute atomic E-state index is 0.157. The Kier molecular flexibility index (Phi) is 6.14. The lowest BCUT2D eigenvalue weighted by molar-refractivity contribution is 0.0929. The molecule has 1 aliphatic heterocycles. The summed E-state index contributed by atoms with van der Waals surface area (Å²) in [4.78, 5) is 15.2. The Labute approximate surface area is 176 Å². The first-order valence-corrected chi connectivity index (χ1v) is 10.3. The third kappa shape index (κ3) is 4.54. The van der Waals surface area contributed by atoms with Gasteiger partial charge in [-0.3, -0.25) is 9.69 Å². The largest absolute Gasteiger partial charge is 0.497 e. The first-order chi connectivity index (χ1) is 14.6. The number of nitrogens with zero attached hydrogens (tertiary/aromatic N) is 2. The van der Waals surface area contributed by atoms with Gasteiger partial charge < -0.3 is 14.6 Å². The minimum atomic E-state index is -0.227. The van der Waals surface area contributed by atoms with Crippen LogP contribution in [0, 0.1) is 6.92 Å². The molecule has 0 spiro atoms. The fourth-order valence-corrected chi connectivity index (χ4v) is 3.85. The standard InChI is InChI=1S/C24H27N3O3/c1-17-5-7-18(8-6-17)22(27-13-3-4-14-27)16-25-24(28)21-15-23(30-26-21)19-9-11-20(29-2)12-10-19/h5-12,15,22H,3-4,13-14,16H2,1-2H3,(H,25,28). The molecule has 0 bridgehead atoms. The summed E-state index contributed by atoms with van der Waals surface area (Å²) in [6.45, 7) is 4.73. The molecule has 156 valence electrons. The van der Waals surface area contributed by atoms with Crippen molar-refractivity contribution in [2.45, 2.75) is 25.8 Å². The SMILES string of the molecule is COc1ccc(-c2cc(C(=O)NCC(c3ccc(C)cc3)N3CCCC3)no2)cc1. The van der Waals surface area contributed by atoms with Crippen LogP contribution in [-0.2, 0) is 0 Å². The molecule has 0 saturated carbocycles. The fourth-order valence-electron chi connectivity index (χ4n) is 3.85. The molecule has 1 saturated heterocycles. The van der Waals surface area contributed by atoms with Crippen molar-refractivity contribution in [1.82, 2.24) is 15.4 Å². The highest BCUT2D eigenvalue weighted by molar-refractivity contribution is 5.93. The number of rotatable bonds is 7. The molecule has 3 aromatic rings. The number of amides is 1. The average molecular weight is 405 g/mol. The van der Waals surface area contributed by atoms with Crippen LogP contribution >= 0.6 is 0 Å². The van der Waals surface area contributed by atoms with E-state index in [0.29, 0.717) is 12.3 Å². The van der Waals surface area contributed by atoms with E-state index in [1.807, 2.05) is 24.3 Å². The molecule has 2 aromatic carbocycles. The van der Waals surface area contributed by atoms with Gasteiger partial charge in [0.25, 0.3) is 5.91 Å². The second-order valence-corrected chi connectivity index (χ2v) is 7.68. The summed E-state index contributed by atoms with van der Waals surface area (Å²) in [6, 6.07) is 17.8. The number of aryl methyl sites for hydroxylation is 1. The topological polar surface area (TPSA) is 67.6 Å². The van der Waals surface area contributed by atoms with E-state index in [-0.39, 0.29) is 17.6 Å². The van der Waals surface area contributed by atoms with Crippen LogP contribution in [0.15, 0.2) is 59.1 Å². The van der Waals surface area contributed by atoms with Crippen LogP contribution in [0.25, 0.3) is 11.3 Å². The Morgan fingerprint density at radius 2 is 1.83 bits per heavy atom. The van der Waals surface area contributed by atoms with Gasteiger partial charge in [-0.15, -0.1) is 0 Å². The molecule has 1 aliphatic rings. The molecule has 0 radical (unpaired) electrons. The molecule has 1 amide bonds. The Hall–Kier alpha value is -3.12. The molecule has 1 atom stereocenters. The molecular formula is C24H27N3O3. The lowest BCUT2D eigenvalue weighted by atomic mass is 10.0. The van der Waals surface area contributed by atoms with Crippen LogP contribution in [0.5, 0.6) is 5.75 Å². The van der Waals surface area contributed by atoms with Crippen molar-refractivity contribution in [3.05, 3.63) is 71.4 Å². The maximum Gasteiger partial charge on any atom is 0.273 e. The lowest BCUT2D eigenvalue weighted by Gasteiger charge is -2.28. The zero-order chi connectivity index (χ0) is 20.9. The molecule has 30 heavy (non-hydrogen) atoms. The summed E-state index contributed by atoms with van der Waals surface area (Å²) < 4.78 is 10.6. The summed E-state index contributed by atoms with van der Waals surface area (Å²) in [6.07, 6.45) is 2.40. The van der Waals surface area contributed by atoms with E-state index in [0.717, 1.165) is 24.4 Å². The molecule has 4 rings (SSSR count). The van der Waals surface area contributed by atoms with E-state index >= 15 is 0 Å². The van der Waals surface area contributed by atoms with Crippen molar-refractivity contribution in [3.63, 3.8) is 0 Å². The summed E-state index contributed by atoms with van der Waals surface area (Å²) in [5.41, 5.74) is 3.58. The zero-order valence-corrected chi connectivity index (χ0v) is 17.4. The van der Waals surface area contributed by atoms with Crippen LogP contribution < -0.4 is 10.1 Å². The maximum absolute atomic E-state index is 12.7. The van der Waals surface area contributed by atoms with Crippen LogP contribution in [-0.4, -0.2) is 42.7 Å². The number of aromatic nitrogens is 1. The molecule has 1 fully saturated rings. The van der Waals surface area contributed by atoms with Crippen LogP contribution in [0.1, 0.15) is 40.5 Å². The van der Waals surface area contributed by atoms with E-state index < -0.39 is 0 Å².